The number of nitro groups is 1. The molecular formula is C25H27N3O7. The Morgan fingerprint density at radius 1 is 1.14 bits per heavy atom. The highest BCUT2D eigenvalue weighted by molar-refractivity contribution is 6.46. The fraction of sp³-hybridized carbons (Fsp3) is 0.360. The van der Waals surface area contributed by atoms with E-state index in [1.54, 1.807) is 30.3 Å². The minimum atomic E-state index is -0.953. The lowest BCUT2D eigenvalue weighted by Crippen LogP contribution is -2.39. The molecule has 2 heterocycles. The van der Waals surface area contributed by atoms with E-state index in [0.717, 1.165) is 13.1 Å². The van der Waals surface area contributed by atoms with Crippen molar-refractivity contribution >= 4 is 23.1 Å². The number of likely N-dealkylation sites (tertiary alicyclic amines) is 1. The monoisotopic (exact) mass is 481 g/mol. The van der Waals surface area contributed by atoms with Gasteiger partial charge in [0.15, 0.2) is 0 Å². The van der Waals surface area contributed by atoms with Crippen LogP contribution in [0.4, 0.5) is 5.69 Å². The number of hydrogen-bond acceptors (Lipinski definition) is 8. The number of nitro benzene ring substituents is 1. The molecule has 0 unspecified atom stereocenters. The first-order valence-electron chi connectivity index (χ1n) is 11.4. The van der Waals surface area contributed by atoms with Gasteiger partial charge >= 0.3 is 0 Å². The van der Waals surface area contributed by atoms with Crippen molar-refractivity contribution in [1.29, 1.82) is 0 Å². The summed E-state index contributed by atoms with van der Waals surface area (Å²) in [5.74, 6) is -1.45. The molecule has 4 rings (SSSR count). The third-order valence-corrected chi connectivity index (χ3v) is 6.26. The maximum absolute atomic E-state index is 13.2. The van der Waals surface area contributed by atoms with E-state index < -0.39 is 22.7 Å². The second-order valence-corrected chi connectivity index (χ2v) is 8.38. The molecule has 1 N–H and O–H groups in total. The third kappa shape index (κ3) is 5.18. The van der Waals surface area contributed by atoms with Crippen molar-refractivity contribution in [3.05, 3.63) is 75.3 Å². The Morgan fingerprint density at radius 2 is 1.89 bits per heavy atom. The zero-order chi connectivity index (χ0) is 24.9. The van der Waals surface area contributed by atoms with Crippen molar-refractivity contribution in [1.82, 2.24) is 9.80 Å². The van der Waals surface area contributed by atoms with E-state index in [9.17, 15) is 24.8 Å². The van der Waals surface area contributed by atoms with Crippen molar-refractivity contribution in [3.63, 3.8) is 0 Å². The number of non-ortho nitro benzene ring substituents is 1. The number of hydrogen-bond donors (Lipinski definition) is 1. The maximum atomic E-state index is 13.2. The molecule has 0 aliphatic carbocycles. The quantitative estimate of drug-likeness (QED) is 0.201. The Labute approximate surface area is 202 Å². The van der Waals surface area contributed by atoms with Crippen LogP contribution >= 0.6 is 0 Å². The highest BCUT2D eigenvalue weighted by Gasteiger charge is 2.46. The molecule has 0 radical (unpaired) electrons. The average molecular weight is 482 g/mol. The minimum Gasteiger partial charge on any atom is -0.507 e. The van der Waals surface area contributed by atoms with Gasteiger partial charge in [-0.05, 0) is 24.1 Å². The van der Waals surface area contributed by atoms with Crippen LogP contribution in [0.25, 0.3) is 5.76 Å². The predicted molar refractivity (Wildman–Crippen MR) is 127 cm³/mol. The maximum Gasteiger partial charge on any atom is 0.295 e. The Balaban J connectivity index is 1.72. The molecule has 0 saturated carbocycles. The number of morpholine rings is 1. The van der Waals surface area contributed by atoms with Crippen LogP contribution in [0.15, 0.2) is 54.1 Å². The first-order chi connectivity index (χ1) is 16.9. The van der Waals surface area contributed by atoms with E-state index in [1.165, 1.54) is 30.2 Å². The molecule has 10 heteroatoms. The first kappa shape index (κ1) is 24.4. The standard InChI is InChI=1S/C25H27N3O7/c1-34-20-8-3-6-18(16-20)23(29)21-22(17-5-2-7-19(15-17)28(32)33)27(25(31)24(21)30)10-4-9-26-11-13-35-14-12-26/h2-3,5-8,15-16,22,29H,4,9-14H2,1H3/b23-21+/t22-/m1/s1. The number of carbonyl (C=O) groups is 2. The summed E-state index contributed by atoms with van der Waals surface area (Å²) in [7, 11) is 1.48. The van der Waals surface area contributed by atoms with Gasteiger partial charge < -0.3 is 19.5 Å². The lowest BCUT2D eigenvalue weighted by molar-refractivity contribution is -0.384. The van der Waals surface area contributed by atoms with Crippen molar-refractivity contribution in [2.24, 2.45) is 0 Å². The summed E-state index contributed by atoms with van der Waals surface area (Å²) in [6, 6.07) is 11.4. The molecule has 1 amide bonds. The molecule has 2 aliphatic heterocycles. The fourth-order valence-electron chi connectivity index (χ4n) is 4.48. The molecule has 2 fully saturated rings. The van der Waals surface area contributed by atoms with Crippen molar-refractivity contribution in [2.45, 2.75) is 12.5 Å². The van der Waals surface area contributed by atoms with Gasteiger partial charge in [-0.1, -0.05) is 24.3 Å². The number of nitrogens with zero attached hydrogens (tertiary/aromatic N) is 3. The van der Waals surface area contributed by atoms with Gasteiger partial charge in [0.1, 0.15) is 11.5 Å². The van der Waals surface area contributed by atoms with Gasteiger partial charge in [-0.15, -0.1) is 0 Å². The van der Waals surface area contributed by atoms with Crippen LogP contribution in [0.1, 0.15) is 23.6 Å². The van der Waals surface area contributed by atoms with E-state index in [2.05, 4.69) is 4.90 Å². The van der Waals surface area contributed by atoms with E-state index in [4.69, 9.17) is 9.47 Å². The van der Waals surface area contributed by atoms with Crippen molar-refractivity contribution in [3.8, 4) is 5.75 Å². The SMILES string of the molecule is COc1cccc(/C(O)=C2\C(=O)C(=O)N(CCCN3CCOCC3)[C@@H]2c2cccc([N+](=O)[O-])c2)c1. The summed E-state index contributed by atoms with van der Waals surface area (Å²) in [4.78, 5) is 40.7. The van der Waals surface area contributed by atoms with Crippen molar-refractivity contribution in [2.75, 3.05) is 46.5 Å². The Bertz CT molecular complexity index is 1160. The molecule has 0 aromatic heterocycles. The summed E-state index contributed by atoms with van der Waals surface area (Å²) in [6.45, 7) is 3.86. The molecule has 2 saturated heterocycles. The number of carbonyl (C=O) groups excluding carboxylic acids is 2. The Kier molecular flexibility index (Phi) is 7.42. The van der Waals surface area contributed by atoms with Crippen molar-refractivity contribution < 1.29 is 29.1 Å². The van der Waals surface area contributed by atoms with Gasteiger partial charge in [-0.2, -0.15) is 0 Å². The summed E-state index contributed by atoms with van der Waals surface area (Å²) >= 11 is 0. The molecular weight excluding hydrogens is 454 g/mol. The number of benzene rings is 2. The Morgan fingerprint density at radius 3 is 2.60 bits per heavy atom. The van der Waals surface area contributed by atoms with Crippen LogP contribution in [0.5, 0.6) is 5.75 Å². The summed E-state index contributed by atoms with van der Waals surface area (Å²) in [5.41, 5.74) is 0.429. The zero-order valence-electron chi connectivity index (χ0n) is 19.4. The molecule has 184 valence electrons. The molecule has 35 heavy (non-hydrogen) atoms. The highest BCUT2D eigenvalue weighted by atomic mass is 16.6. The number of aliphatic hydroxyl groups is 1. The number of Topliss-reactive ketones (excluding diaryl/α,β-unsaturated/α-hetero) is 1. The number of amides is 1. The molecule has 0 bridgehead atoms. The van der Waals surface area contributed by atoms with Crippen LogP contribution in [-0.2, 0) is 14.3 Å². The highest BCUT2D eigenvalue weighted by Crippen LogP contribution is 2.40. The molecule has 2 aromatic carbocycles. The molecule has 2 aliphatic rings. The largest absolute Gasteiger partial charge is 0.507 e. The van der Waals surface area contributed by atoms with Crippen LogP contribution in [0.2, 0.25) is 0 Å². The zero-order valence-corrected chi connectivity index (χ0v) is 19.4. The second-order valence-electron chi connectivity index (χ2n) is 8.38. The normalized spacial score (nSPS) is 20.3. The number of ketones is 1. The van der Waals surface area contributed by atoms with Crippen LogP contribution in [0.3, 0.4) is 0 Å². The van der Waals surface area contributed by atoms with Crippen LogP contribution < -0.4 is 4.74 Å². The molecule has 1 atom stereocenters. The summed E-state index contributed by atoms with van der Waals surface area (Å²) in [5, 5.41) is 22.6. The van der Waals surface area contributed by atoms with E-state index in [1.807, 2.05) is 0 Å². The lowest BCUT2D eigenvalue weighted by atomic mass is 9.95. The molecule has 2 aromatic rings. The van der Waals surface area contributed by atoms with Gasteiger partial charge in [0, 0.05) is 43.9 Å². The number of rotatable bonds is 8. The lowest BCUT2D eigenvalue weighted by Gasteiger charge is -2.29. The molecule has 10 nitrogen and oxygen atoms in total. The van der Waals surface area contributed by atoms with Crippen LogP contribution in [-0.4, -0.2) is 78.0 Å². The summed E-state index contributed by atoms with van der Waals surface area (Å²) < 4.78 is 10.6. The van der Waals surface area contributed by atoms with Crippen LogP contribution in [0, 0.1) is 10.1 Å². The smallest absolute Gasteiger partial charge is 0.295 e. The van der Waals surface area contributed by atoms with Gasteiger partial charge in [-0.3, -0.25) is 24.6 Å². The number of ether oxygens (including phenoxy) is 2. The van der Waals surface area contributed by atoms with E-state index >= 15 is 0 Å². The van der Waals surface area contributed by atoms with Gasteiger partial charge in [-0.25, -0.2) is 0 Å². The molecule has 0 spiro atoms. The second kappa shape index (κ2) is 10.7. The van der Waals surface area contributed by atoms with Gasteiger partial charge in [0.25, 0.3) is 17.4 Å². The first-order valence-corrected chi connectivity index (χ1v) is 11.4. The Hall–Kier alpha value is -3.76. The number of methoxy groups -OCH3 is 1. The van der Waals surface area contributed by atoms with Gasteiger partial charge in [0.05, 0.1) is 36.9 Å². The fourth-order valence-corrected chi connectivity index (χ4v) is 4.48. The number of aliphatic hydroxyl groups excluding tert-OH is 1. The third-order valence-electron chi connectivity index (χ3n) is 6.26. The summed E-state index contributed by atoms with van der Waals surface area (Å²) in [6.07, 6.45) is 0.595. The topological polar surface area (TPSA) is 122 Å². The predicted octanol–water partition coefficient (Wildman–Crippen LogP) is 2.75. The van der Waals surface area contributed by atoms with Gasteiger partial charge in [0.2, 0.25) is 0 Å². The minimum absolute atomic E-state index is 0.102. The average Bonchev–Trinajstić information content (AvgIpc) is 3.14. The van der Waals surface area contributed by atoms with E-state index in [0.29, 0.717) is 43.1 Å². The van der Waals surface area contributed by atoms with E-state index in [-0.39, 0.29) is 23.6 Å².